The molecule has 1 aliphatic rings. The normalized spacial score (nSPS) is 13.4. The smallest absolute Gasteiger partial charge is 0.246 e. The number of fused-ring (bicyclic) bond motifs is 2. The molecule has 0 radical (unpaired) electrons. The zero-order valence-corrected chi connectivity index (χ0v) is 16.6. The number of carbonyl (C=O) groups excluding carboxylic acids is 1. The number of aromatic nitrogens is 2. The van der Waals surface area contributed by atoms with E-state index in [1.54, 1.807) is 23.3 Å². The minimum Gasteiger partial charge on any atom is -0.380 e. The Kier molecular flexibility index (Phi) is 5.07. The fraction of sp³-hybridized carbons (Fsp3) is 0.227. The summed E-state index contributed by atoms with van der Waals surface area (Å²) in [4.78, 5) is 23.2. The summed E-state index contributed by atoms with van der Waals surface area (Å²) in [5.41, 5.74) is 5.73. The highest BCUT2D eigenvalue weighted by molar-refractivity contribution is 7.17. The van der Waals surface area contributed by atoms with Crippen molar-refractivity contribution in [1.29, 1.82) is 0 Å². The number of nitrogens with zero attached hydrogens (tertiary/aromatic N) is 3. The standard InChI is InChI=1S/C22H21N3O2S/c1-4-20(26)25-7-5-18-16(12-25)9-15(10-23-18)22-21(14(2)13-27-3)17-6-8-28-19(17)11-24-22/h4,6,8-11H,1-2,5,7,12-13H2,3H3. The topological polar surface area (TPSA) is 55.3 Å². The molecule has 0 bridgehead atoms. The predicted molar refractivity (Wildman–Crippen MR) is 113 cm³/mol. The summed E-state index contributed by atoms with van der Waals surface area (Å²) in [5.74, 6) is -0.0527. The Hall–Kier alpha value is -2.83. The third-order valence-electron chi connectivity index (χ3n) is 4.98. The number of pyridine rings is 2. The van der Waals surface area contributed by atoms with Gasteiger partial charge in [-0.25, -0.2) is 0 Å². The van der Waals surface area contributed by atoms with E-state index in [0.29, 0.717) is 19.7 Å². The van der Waals surface area contributed by atoms with Crippen molar-refractivity contribution < 1.29 is 9.53 Å². The molecule has 3 aromatic rings. The highest BCUT2D eigenvalue weighted by atomic mass is 32.1. The van der Waals surface area contributed by atoms with E-state index >= 15 is 0 Å². The van der Waals surface area contributed by atoms with Gasteiger partial charge in [0.25, 0.3) is 0 Å². The molecule has 3 aromatic heterocycles. The lowest BCUT2D eigenvalue weighted by molar-refractivity contribution is -0.126. The molecular formula is C22H21N3O2S. The highest BCUT2D eigenvalue weighted by Gasteiger charge is 2.22. The van der Waals surface area contributed by atoms with Crippen LogP contribution in [0.3, 0.4) is 0 Å². The first-order valence-corrected chi connectivity index (χ1v) is 9.93. The summed E-state index contributed by atoms with van der Waals surface area (Å²) >= 11 is 1.66. The van der Waals surface area contributed by atoms with Crippen LogP contribution in [0.1, 0.15) is 16.8 Å². The number of hydrogen-bond acceptors (Lipinski definition) is 5. The zero-order chi connectivity index (χ0) is 19.7. The van der Waals surface area contributed by atoms with Crippen LogP contribution in [0.5, 0.6) is 0 Å². The van der Waals surface area contributed by atoms with Gasteiger partial charge in [0.2, 0.25) is 5.91 Å². The molecule has 4 rings (SSSR count). The minimum atomic E-state index is -0.0527. The Morgan fingerprint density at radius 2 is 2.25 bits per heavy atom. The maximum atomic E-state index is 12.0. The second-order valence-electron chi connectivity index (χ2n) is 6.76. The van der Waals surface area contributed by atoms with Crippen molar-refractivity contribution in [3.8, 4) is 11.3 Å². The summed E-state index contributed by atoms with van der Waals surface area (Å²) in [6, 6.07) is 4.19. The Labute approximate surface area is 168 Å². The van der Waals surface area contributed by atoms with Gasteiger partial charge in [0.05, 0.1) is 17.0 Å². The van der Waals surface area contributed by atoms with Crippen LogP contribution in [-0.2, 0) is 22.5 Å². The average molecular weight is 391 g/mol. The van der Waals surface area contributed by atoms with Gasteiger partial charge in [-0.2, -0.15) is 0 Å². The van der Waals surface area contributed by atoms with E-state index < -0.39 is 0 Å². The summed E-state index contributed by atoms with van der Waals surface area (Å²) in [5, 5.41) is 3.18. The second kappa shape index (κ2) is 7.66. The SMILES string of the molecule is C=CC(=O)N1CCc2ncc(-c3ncc4sccc4c3C(=C)COC)cc2C1. The lowest BCUT2D eigenvalue weighted by Gasteiger charge is -2.27. The van der Waals surface area contributed by atoms with Crippen LogP contribution in [-0.4, -0.2) is 41.0 Å². The average Bonchev–Trinajstić information content (AvgIpc) is 3.20. The maximum absolute atomic E-state index is 12.0. The van der Waals surface area contributed by atoms with E-state index in [4.69, 9.17) is 9.72 Å². The Balaban J connectivity index is 1.81. The quantitative estimate of drug-likeness (QED) is 0.615. The van der Waals surface area contributed by atoms with Gasteiger partial charge in [0.15, 0.2) is 0 Å². The minimum absolute atomic E-state index is 0.0527. The lowest BCUT2D eigenvalue weighted by atomic mass is 9.96. The van der Waals surface area contributed by atoms with Crippen LogP contribution >= 0.6 is 11.3 Å². The van der Waals surface area contributed by atoms with Crippen LogP contribution < -0.4 is 0 Å². The van der Waals surface area contributed by atoms with Crippen LogP contribution in [0.2, 0.25) is 0 Å². The van der Waals surface area contributed by atoms with Gasteiger partial charge in [-0.05, 0) is 34.7 Å². The molecule has 4 heterocycles. The summed E-state index contributed by atoms with van der Waals surface area (Å²) in [6.07, 6.45) is 5.87. The molecule has 0 aromatic carbocycles. The van der Waals surface area contributed by atoms with E-state index in [0.717, 1.165) is 50.2 Å². The first kappa shape index (κ1) is 18.5. The Morgan fingerprint density at radius 1 is 1.39 bits per heavy atom. The summed E-state index contributed by atoms with van der Waals surface area (Å²) in [6.45, 7) is 9.45. The Bertz CT molecular complexity index is 1090. The van der Waals surface area contributed by atoms with Gasteiger partial charge in [0.1, 0.15) is 0 Å². The molecule has 5 nitrogen and oxygen atoms in total. The van der Waals surface area contributed by atoms with Crippen molar-refractivity contribution >= 4 is 32.9 Å². The predicted octanol–water partition coefficient (Wildman–Crippen LogP) is 4.09. The molecular weight excluding hydrogens is 370 g/mol. The number of rotatable bonds is 5. The first-order valence-electron chi connectivity index (χ1n) is 9.05. The van der Waals surface area contributed by atoms with E-state index in [1.165, 1.54) is 6.08 Å². The van der Waals surface area contributed by atoms with Gasteiger partial charge >= 0.3 is 0 Å². The molecule has 1 amide bonds. The molecule has 0 spiro atoms. The number of methoxy groups -OCH3 is 1. The molecule has 0 saturated carbocycles. The number of carbonyl (C=O) groups is 1. The van der Waals surface area contributed by atoms with Crippen molar-refractivity contribution in [2.24, 2.45) is 0 Å². The molecule has 0 atom stereocenters. The van der Waals surface area contributed by atoms with Gasteiger partial charge in [0, 0.05) is 61.2 Å². The fourth-order valence-corrected chi connectivity index (χ4v) is 4.40. The fourth-order valence-electron chi connectivity index (χ4n) is 3.64. The maximum Gasteiger partial charge on any atom is 0.246 e. The first-order chi connectivity index (χ1) is 13.6. The van der Waals surface area contributed by atoms with Crippen molar-refractivity contribution in [3.05, 3.63) is 66.0 Å². The highest BCUT2D eigenvalue weighted by Crippen LogP contribution is 2.35. The van der Waals surface area contributed by atoms with E-state index in [2.05, 4.69) is 35.7 Å². The lowest BCUT2D eigenvalue weighted by Crippen LogP contribution is -2.35. The van der Waals surface area contributed by atoms with Gasteiger partial charge in [-0.1, -0.05) is 13.2 Å². The molecule has 0 unspecified atom stereocenters. The number of thiophene rings is 1. The van der Waals surface area contributed by atoms with Gasteiger partial charge in [-0.3, -0.25) is 14.8 Å². The van der Waals surface area contributed by atoms with Crippen LogP contribution in [0.15, 0.2) is 49.1 Å². The molecule has 6 heteroatoms. The van der Waals surface area contributed by atoms with Gasteiger partial charge in [-0.15, -0.1) is 11.3 Å². The van der Waals surface area contributed by atoms with Crippen molar-refractivity contribution in [2.45, 2.75) is 13.0 Å². The van der Waals surface area contributed by atoms with E-state index in [-0.39, 0.29) is 5.91 Å². The number of amides is 1. The molecule has 1 aliphatic heterocycles. The summed E-state index contributed by atoms with van der Waals surface area (Å²) < 4.78 is 6.44. The number of ether oxygens (including phenoxy) is 1. The second-order valence-corrected chi connectivity index (χ2v) is 7.71. The molecule has 0 saturated heterocycles. The molecule has 28 heavy (non-hydrogen) atoms. The molecule has 0 N–H and O–H groups in total. The van der Waals surface area contributed by atoms with Crippen molar-refractivity contribution in [2.75, 3.05) is 20.3 Å². The summed E-state index contributed by atoms with van der Waals surface area (Å²) in [7, 11) is 1.66. The monoisotopic (exact) mass is 391 g/mol. The van der Waals surface area contributed by atoms with Crippen LogP contribution in [0.25, 0.3) is 26.9 Å². The molecule has 0 fully saturated rings. The van der Waals surface area contributed by atoms with Crippen LogP contribution in [0.4, 0.5) is 0 Å². The van der Waals surface area contributed by atoms with E-state index in [9.17, 15) is 4.79 Å². The van der Waals surface area contributed by atoms with Crippen LogP contribution in [0, 0.1) is 0 Å². The Morgan fingerprint density at radius 3 is 3.04 bits per heavy atom. The number of hydrogen-bond donors (Lipinski definition) is 0. The van der Waals surface area contributed by atoms with Crippen molar-refractivity contribution in [3.63, 3.8) is 0 Å². The molecule has 142 valence electrons. The van der Waals surface area contributed by atoms with E-state index in [1.807, 2.05) is 12.4 Å². The van der Waals surface area contributed by atoms with Gasteiger partial charge < -0.3 is 9.64 Å². The largest absolute Gasteiger partial charge is 0.380 e. The van der Waals surface area contributed by atoms with Crippen molar-refractivity contribution in [1.82, 2.24) is 14.9 Å². The molecule has 0 aliphatic carbocycles. The third-order valence-corrected chi connectivity index (χ3v) is 5.84. The zero-order valence-electron chi connectivity index (χ0n) is 15.8. The third kappa shape index (κ3) is 3.25.